The van der Waals surface area contributed by atoms with Crippen LogP contribution in [-0.4, -0.2) is 46.1 Å². The van der Waals surface area contributed by atoms with Crippen LogP contribution in [0.1, 0.15) is 38.5 Å². The van der Waals surface area contributed by atoms with Gasteiger partial charge in [-0.05, 0) is 38.5 Å². The molecule has 1 aromatic rings. The molecule has 1 aliphatic carbocycles. The van der Waals surface area contributed by atoms with Gasteiger partial charge in [-0.15, -0.1) is 0 Å². The first-order valence-corrected chi connectivity index (χ1v) is 8.94. The van der Waals surface area contributed by atoms with Crippen molar-refractivity contribution in [3.8, 4) is 0 Å². The van der Waals surface area contributed by atoms with Crippen molar-refractivity contribution in [1.29, 1.82) is 0 Å². The van der Waals surface area contributed by atoms with Crippen molar-refractivity contribution in [3.05, 3.63) is 16.3 Å². The minimum Gasteiger partial charge on any atom is -0.381 e. The van der Waals surface area contributed by atoms with Crippen molar-refractivity contribution in [3.63, 3.8) is 0 Å². The minimum atomic E-state index is -0.490. The molecule has 2 fully saturated rings. The number of amides is 1. The predicted octanol–water partition coefficient (Wildman–Crippen LogP) is 1.43. The summed E-state index contributed by atoms with van der Waals surface area (Å²) < 4.78 is 5.32. The van der Waals surface area contributed by atoms with Crippen LogP contribution in [0.25, 0.3) is 0 Å². The number of nitrogens with zero attached hydrogens (tertiary/aromatic N) is 3. The molecular weight excluding hydrogens is 340 g/mol. The van der Waals surface area contributed by atoms with Gasteiger partial charge in [-0.2, -0.15) is 4.98 Å². The van der Waals surface area contributed by atoms with E-state index in [4.69, 9.17) is 10.5 Å². The summed E-state index contributed by atoms with van der Waals surface area (Å²) in [5.74, 6) is 0.191. The van der Waals surface area contributed by atoms with E-state index in [9.17, 15) is 14.9 Å². The summed E-state index contributed by atoms with van der Waals surface area (Å²) in [7, 11) is 0. The number of nitro groups is 1. The fourth-order valence-corrected chi connectivity index (χ4v) is 3.42. The van der Waals surface area contributed by atoms with E-state index < -0.39 is 4.92 Å². The molecule has 2 heterocycles. The van der Waals surface area contributed by atoms with Gasteiger partial charge in [0.2, 0.25) is 17.7 Å². The van der Waals surface area contributed by atoms with Gasteiger partial charge < -0.3 is 21.1 Å². The molecule has 1 saturated carbocycles. The lowest BCUT2D eigenvalue weighted by molar-refractivity contribution is -0.384. The van der Waals surface area contributed by atoms with Gasteiger partial charge in [0.25, 0.3) is 0 Å². The Morgan fingerprint density at radius 1 is 1.15 bits per heavy atom. The fourth-order valence-electron chi connectivity index (χ4n) is 3.42. The van der Waals surface area contributed by atoms with Crippen LogP contribution in [0.5, 0.6) is 0 Å². The Labute approximate surface area is 151 Å². The van der Waals surface area contributed by atoms with Crippen LogP contribution in [0.3, 0.4) is 0 Å². The molecule has 142 valence electrons. The molecule has 0 spiro atoms. The number of ether oxygens (including phenoxy) is 1. The number of primary amides is 1. The molecule has 0 aromatic carbocycles. The zero-order valence-electron chi connectivity index (χ0n) is 14.5. The Morgan fingerprint density at radius 2 is 1.81 bits per heavy atom. The molecule has 1 amide bonds. The Kier molecular flexibility index (Phi) is 5.82. The van der Waals surface area contributed by atoms with Crippen molar-refractivity contribution in [2.75, 3.05) is 23.8 Å². The molecule has 0 radical (unpaired) electrons. The maximum Gasteiger partial charge on any atom is 0.329 e. The van der Waals surface area contributed by atoms with E-state index in [1.807, 2.05) is 0 Å². The number of nitrogens with two attached hydrogens (primary N) is 1. The zero-order valence-corrected chi connectivity index (χ0v) is 14.5. The smallest absolute Gasteiger partial charge is 0.329 e. The molecule has 2 aliphatic rings. The highest BCUT2D eigenvalue weighted by Crippen LogP contribution is 2.29. The average molecular weight is 364 g/mol. The standard InChI is InChI=1S/C16H24N6O4/c17-14(23)10-1-3-11(4-2-10)19-15-13(22(24)25)9-18-16(21-15)20-12-5-7-26-8-6-12/h9-12H,1-8H2,(H2,17,23)(H2,18,19,20,21)/t10-,11+. The third-order valence-electron chi connectivity index (χ3n) is 4.99. The second-order valence-corrected chi connectivity index (χ2v) is 6.81. The molecule has 1 aromatic heterocycles. The second kappa shape index (κ2) is 8.26. The van der Waals surface area contributed by atoms with Gasteiger partial charge in [0.1, 0.15) is 6.20 Å². The summed E-state index contributed by atoms with van der Waals surface area (Å²) in [5, 5.41) is 17.7. The molecule has 10 nitrogen and oxygen atoms in total. The van der Waals surface area contributed by atoms with Crippen LogP contribution in [0.2, 0.25) is 0 Å². The fraction of sp³-hybridized carbons (Fsp3) is 0.688. The number of carbonyl (C=O) groups is 1. The predicted molar refractivity (Wildman–Crippen MR) is 94.7 cm³/mol. The molecule has 1 aliphatic heterocycles. The van der Waals surface area contributed by atoms with E-state index in [1.165, 1.54) is 6.20 Å². The summed E-state index contributed by atoms with van der Waals surface area (Å²) in [6.45, 7) is 1.36. The van der Waals surface area contributed by atoms with Gasteiger partial charge in [0.05, 0.1) is 4.92 Å². The maximum atomic E-state index is 11.3. The molecule has 10 heteroatoms. The van der Waals surface area contributed by atoms with Gasteiger partial charge in [0.15, 0.2) is 0 Å². The Bertz CT molecular complexity index is 656. The van der Waals surface area contributed by atoms with E-state index in [0.29, 0.717) is 32.0 Å². The number of nitrogens with one attached hydrogen (secondary N) is 2. The summed E-state index contributed by atoms with van der Waals surface area (Å²) >= 11 is 0. The van der Waals surface area contributed by atoms with E-state index in [-0.39, 0.29) is 35.4 Å². The molecule has 4 N–H and O–H groups in total. The van der Waals surface area contributed by atoms with Crippen LogP contribution < -0.4 is 16.4 Å². The molecule has 0 unspecified atom stereocenters. The van der Waals surface area contributed by atoms with E-state index in [1.54, 1.807) is 0 Å². The Hall–Kier alpha value is -2.49. The van der Waals surface area contributed by atoms with Gasteiger partial charge in [-0.1, -0.05) is 0 Å². The average Bonchev–Trinajstić information content (AvgIpc) is 2.63. The van der Waals surface area contributed by atoms with Crippen molar-refractivity contribution in [2.45, 2.75) is 50.6 Å². The highest BCUT2D eigenvalue weighted by molar-refractivity contribution is 5.76. The zero-order chi connectivity index (χ0) is 18.5. The highest BCUT2D eigenvalue weighted by atomic mass is 16.6. The first kappa shape index (κ1) is 18.3. The van der Waals surface area contributed by atoms with Crippen molar-refractivity contribution in [2.24, 2.45) is 11.7 Å². The first-order chi connectivity index (χ1) is 12.5. The first-order valence-electron chi connectivity index (χ1n) is 8.94. The SMILES string of the molecule is NC(=O)[C@H]1CC[C@@H](Nc2nc(NC3CCOCC3)ncc2[N+](=O)[O-])CC1. The van der Waals surface area contributed by atoms with Crippen molar-refractivity contribution >= 4 is 23.4 Å². The number of hydrogen-bond donors (Lipinski definition) is 3. The van der Waals surface area contributed by atoms with E-state index in [0.717, 1.165) is 25.7 Å². The summed E-state index contributed by atoms with van der Waals surface area (Å²) in [6.07, 6.45) is 5.72. The lowest BCUT2D eigenvalue weighted by atomic mass is 9.85. The van der Waals surface area contributed by atoms with Gasteiger partial charge in [-0.25, -0.2) is 4.98 Å². The summed E-state index contributed by atoms with van der Waals surface area (Å²) in [4.78, 5) is 30.5. The third kappa shape index (κ3) is 4.57. The monoisotopic (exact) mass is 364 g/mol. The summed E-state index contributed by atoms with van der Waals surface area (Å²) in [5.41, 5.74) is 5.20. The van der Waals surface area contributed by atoms with Crippen LogP contribution >= 0.6 is 0 Å². The van der Waals surface area contributed by atoms with Gasteiger partial charge >= 0.3 is 5.69 Å². The van der Waals surface area contributed by atoms with Crippen LogP contribution in [0, 0.1) is 16.0 Å². The third-order valence-corrected chi connectivity index (χ3v) is 4.99. The second-order valence-electron chi connectivity index (χ2n) is 6.81. The molecule has 0 atom stereocenters. The lowest BCUT2D eigenvalue weighted by Crippen LogP contribution is -2.33. The Balaban J connectivity index is 1.68. The molecule has 26 heavy (non-hydrogen) atoms. The molecular formula is C16H24N6O4. The van der Waals surface area contributed by atoms with Crippen molar-refractivity contribution < 1.29 is 14.5 Å². The normalized spacial score (nSPS) is 24.0. The molecule has 0 bridgehead atoms. The molecule has 3 rings (SSSR count). The van der Waals surface area contributed by atoms with E-state index in [2.05, 4.69) is 20.6 Å². The van der Waals surface area contributed by atoms with Crippen LogP contribution in [0.4, 0.5) is 17.5 Å². The topological polar surface area (TPSA) is 145 Å². The highest BCUT2D eigenvalue weighted by Gasteiger charge is 2.27. The van der Waals surface area contributed by atoms with Gasteiger partial charge in [0, 0.05) is 31.2 Å². The minimum absolute atomic E-state index is 0.0233. The Morgan fingerprint density at radius 3 is 2.42 bits per heavy atom. The molecule has 1 saturated heterocycles. The van der Waals surface area contributed by atoms with Crippen molar-refractivity contribution in [1.82, 2.24) is 9.97 Å². The number of hydrogen-bond acceptors (Lipinski definition) is 8. The van der Waals surface area contributed by atoms with Crippen LogP contribution in [-0.2, 0) is 9.53 Å². The van der Waals surface area contributed by atoms with Gasteiger partial charge in [-0.3, -0.25) is 14.9 Å². The number of anilines is 2. The largest absolute Gasteiger partial charge is 0.381 e. The van der Waals surface area contributed by atoms with Crippen LogP contribution in [0.15, 0.2) is 6.20 Å². The maximum absolute atomic E-state index is 11.3. The number of aromatic nitrogens is 2. The lowest BCUT2D eigenvalue weighted by Gasteiger charge is -2.27. The number of rotatable bonds is 6. The van der Waals surface area contributed by atoms with E-state index >= 15 is 0 Å². The number of carbonyl (C=O) groups excluding carboxylic acids is 1. The quantitative estimate of drug-likeness (QED) is 0.507. The summed E-state index contributed by atoms with van der Waals surface area (Å²) in [6, 6.07) is 0.221.